The molecule has 1 unspecified atom stereocenters. The van der Waals surface area contributed by atoms with Gasteiger partial charge in [0.25, 0.3) is 5.91 Å². The summed E-state index contributed by atoms with van der Waals surface area (Å²) in [6, 6.07) is 8.58. The number of alkyl halides is 1. The molecule has 1 saturated heterocycles. The van der Waals surface area contributed by atoms with Crippen LogP contribution < -0.4 is 5.32 Å². The molecule has 0 spiro atoms. The monoisotopic (exact) mass is 374 g/mol. The number of carbonyl (C=O) groups excluding carboxylic acids is 1. The van der Waals surface area contributed by atoms with Crippen molar-refractivity contribution in [3.8, 4) is 0 Å². The highest BCUT2D eigenvalue weighted by Gasteiger charge is 2.45. The van der Waals surface area contributed by atoms with E-state index in [0.717, 1.165) is 0 Å². The first kappa shape index (κ1) is 16.2. The Morgan fingerprint density at radius 3 is 2.93 bits per heavy atom. The topological polar surface area (TPSA) is 122 Å². The van der Waals surface area contributed by atoms with Gasteiger partial charge in [-0.3, -0.25) is 9.36 Å². The zero-order valence-electron chi connectivity index (χ0n) is 14.9. The van der Waals surface area contributed by atoms with Crippen molar-refractivity contribution in [3.63, 3.8) is 0 Å². The minimum Gasteiger partial charge on any atom is -0.394 e. The fraction of sp³-hybridized carbons (Fsp3) is 0.294. The molecule has 1 aliphatic heterocycles. The molecule has 1 fully saturated rings. The zero-order valence-corrected chi connectivity index (χ0v) is 13.9. The van der Waals surface area contributed by atoms with E-state index in [1.165, 1.54) is 17.2 Å². The van der Waals surface area contributed by atoms with E-state index in [1.807, 2.05) is 0 Å². The van der Waals surface area contributed by atoms with Gasteiger partial charge in [-0.1, -0.05) is 18.2 Å². The van der Waals surface area contributed by atoms with Gasteiger partial charge < -0.3 is 20.3 Å². The molecule has 140 valence electrons. The highest BCUT2D eigenvalue weighted by molar-refractivity contribution is 6.06. The molecule has 0 saturated carbocycles. The van der Waals surface area contributed by atoms with Crippen LogP contribution in [-0.4, -0.2) is 62.1 Å². The number of aliphatic hydroxyl groups excluding tert-OH is 2. The predicted octanol–water partition coefficient (Wildman–Crippen LogP) is 0.667. The Labute approximate surface area is 154 Å². The van der Waals surface area contributed by atoms with E-state index in [9.17, 15) is 14.3 Å². The fourth-order valence-corrected chi connectivity index (χ4v) is 2.96. The van der Waals surface area contributed by atoms with Crippen molar-refractivity contribution in [3.05, 3.63) is 48.5 Å². The second-order valence-corrected chi connectivity index (χ2v) is 6.03. The molecule has 0 radical (unpaired) electrons. The van der Waals surface area contributed by atoms with Crippen molar-refractivity contribution in [2.45, 2.75) is 24.6 Å². The lowest BCUT2D eigenvalue weighted by Crippen LogP contribution is -2.30. The highest BCUT2D eigenvalue weighted by atomic mass is 19.1. The number of hydrogen-bond acceptors (Lipinski definition) is 7. The lowest BCUT2D eigenvalue weighted by atomic mass is 10.1. The number of benzene rings is 1. The van der Waals surface area contributed by atoms with Gasteiger partial charge in [-0.05, 0) is 12.1 Å². The Morgan fingerprint density at radius 2 is 2.15 bits per heavy atom. The Balaban J connectivity index is 1.63. The van der Waals surface area contributed by atoms with Crippen LogP contribution >= 0.6 is 0 Å². The summed E-state index contributed by atoms with van der Waals surface area (Å²) in [4.78, 5) is 24.7. The van der Waals surface area contributed by atoms with Crippen LogP contribution in [0, 0.1) is 0 Å². The summed E-state index contributed by atoms with van der Waals surface area (Å²) >= 11 is 0. The minimum absolute atomic E-state index is 0.164. The molecule has 3 aromatic rings. The van der Waals surface area contributed by atoms with Gasteiger partial charge in [-0.2, -0.15) is 0 Å². The summed E-state index contributed by atoms with van der Waals surface area (Å²) in [5.74, 6) is -0.212. The normalized spacial score (nSPS) is 25.5. The number of ether oxygens (including phenoxy) is 1. The van der Waals surface area contributed by atoms with Crippen LogP contribution in [0.2, 0.25) is 0 Å². The number of anilines is 1. The third-order valence-corrected chi connectivity index (χ3v) is 4.36. The Morgan fingerprint density at radius 1 is 1.33 bits per heavy atom. The summed E-state index contributed by atoms with van der Waals surface area (Å²) in [5, 5.41) is 16.8. The number of rotatable bonds is 5. The lowest BCUT2D eigenvalue weighted by Gasteiger charge is -2.15. The molecular weight excluding hydrogens is 357 g/mol. The van der Waals surface area contributed by atoms with Gasteiger partial charge in [0, 0.05) is 5.56 Å². The Kier molecular flexibility index (Phi) is 4.20. The predicted molar refractivity (Wildman–Crippen MR) is 91.6 cm³/mol. The molecule has 1 aliphatic rings. The molecule has 0 aliphatic carbocycles. The second kappa shape index (κ2) is 6.99. The van der Waals surface area contributed by atoms with E-state index < -0.39 is 24.6 Å². The second-order valence-electron chi connectivity index (χ2n) is 6.03. The van der Waals surface area contributed by atoms with Crippen molar-refractivity contribution in [2.24, 2.45) is 0 Å². The number of halogens is 1. The van der Waals surface area contributed by atoms with Crippen molar-refractivity contribution in [1.82, 2.24) is 19.5 Å². The number of carbonyl (C=O) groups is 1. The molecule has 3 heterocycles. The molecule has 3 N–H and O–H groups in total. The summed E-state index contributed by atoms with van der Waals surface area (Å²) < 4.78 is 28.1. The quantitative estimate of drug-likeness (QED) is 0.600. The number of nitrogens with zero attached hydrogens (tertiary/aromatic N) is 4. The number of amides is 1. The van der Waals surface area contributed by atoms with Gasteiger partial charge >= 0.3 is 0 Å². The number of nitrogens with one attached hydrogen (secondary N) is 1. The van der Waals surface area contributed by atoms with Gasteiger partial charge in [-0.15, -0.1) is 0 Å². The molecule has 4 rings (SSSR count). The van der Waals surface area contributed by atoms with Crippen molar-refractivity contribution < 1.29 is 24.1 Å². The van der Waals surface area contributed by atoms with E-state index in [2.05, 4.69) is 25.4 Å². The fourth-order valence-electron chi connectivity index (χ4n) is 2.96. The number of fused-ring (bicyclic) bond motifs is 1. The first-order valence-electron chi connectivity index (χ1n) is 8.60. The van der Waals surface area contributed by atoms with Gasteiger partial charge in [-0.25, -0.2) is 19.3 Å². The first-order chi connectivity index (χ1) is 13.6. The van der Waals surface area contributed by atoms with Crippen molar-refractivity contribution >= 4 is 22.9 Å². The molecule has 1 aromatic carbocycles. The number of aliphatic hydroxyl groups is 2. The molecule has 27 heavy (non-hydrogen) atoms. The van der Waals surface area contributed by atoms with Gasteiger partial charge in [0.05, 0.1) is 12.9 Å². The maximum atomic E-state index is 14.5. The summed E-state index contributed by atoms with van der Waals surface area (Å²) in [5.41, 5.74) is 0.918. The molecular formula is C17H16FN5O4. The highest BCUT2D eigenvalue weighted by Crippen LogP contribution is 2.34. The molecule has 2 aromatic heterocycles. The number of aromatic nitrogens is 4. The van der Waals surface area contributed by atoms with Crippen molar-refractivity contribution in [1.29, 1.82) is 1.43 Å². The summed E-state index contributed by atoms with van der Waals surface area (Å²) in [6.45, 7) is -0.280. The standard InChI is InChI=1S/C17H16FN5O4/c18-11-13(25)10(6-24)27-17(11)23-8-21-12-14(19-7-20-15(12)23)22-16(26)9-4-2-1-3-5-9/h1-5,7-8,10-11,13,17,24-25H,6H2,(H,19,20,22,26)/t10-,11-,13-,17?/m1/s1/i24D. The summed E-state index contributed by atoms with van der Waals surface area (Å²) in [6.07, 6.45) is -2.90. The van der Waals surface area contributed by atoms with Gasteiger partial charge in [0.1, 0.15) is 18.5 Å². The Hall–Kier alpha value is -2.95. The van der Waals surface area contributed by atoms with Gasteiger partial charge in [0.2, 0.25) is 1.43 Å². The Bertz CT molecular complexity index is 988. The van der Waals surface area contributed by atoms with Crippen LogP contribution in [0.1, 0.15) is 16.6 Å². The largest absolute Gasteiger partial charge is 0.394 e. The maximum Gasteiger partial charge on any atom is 0.256 e. The average Bonchev–Trinajstić information content (AvgIpc) is 3.26. The molecule has 1 amide bonds. The molecule has 0 bridgehead atoms. The first-order valence-corrected chi connectivity index (χ1v) is 8.19. The van der Waals surface area contributed by atoms with Gasteiger partial charge in [0.15, 0.2) is 29.4 Å². The van der Waals surface area contributed by atoms with E-state index >= 15 is 0 Å². The average molecular weight is 374 g/mol. The minimum atomic E-state index is -1.77. The van der Waals surface area contributed by atoms with Crippen LogP contribution in [0.25, 0.3) is 11.2 Å². The van der Waals surface area contributed by atoms with Crippen LogP contribution in [0.5, 0.6) is 0 Å². The number of imidazole rings is 1. The molecule has 9 nitrogen and oxygen atoms in total. The van der Waals surface area contributed by atoms with E-state index in [-0.39, 0.29) is 29.5 Å². The molecule has 4 atom stereocenters. The lowest BCUT2D eigenvalue weighted by molar-refractivity contribution is -0.0459. The van der Waals surface area contributed by atoms with E-state index in [0.29, 0.717) is 5.56 Å². The van der Waals surface area contributed by atoms with Crippen LogP contribution in [-0.2, 0) is 4.74 Å². The molecule has 10 heteroatoms. The van der Waals surface area contributed by atoms with Crippen LogP contribution in [0.15, 0.2) is 43.0 Å². The van der Waals surface area contributed by atoms with Crippen LogP contribution in [0.4, 0.5) is 10.2 Å². The maximum absolute atomic E-state index is 14.5. The third kappa shape index (κ3) is 3.03. The van der Waals surface area contributed by atoms with E-state index in [4.69, 9.17) is 6.17 Å². The van der Waals surface area contributed by atoms with E-state index in [1.54, 1.807) is 30.3 Å². The zero-order chi connectivity index (χ0) is 19.7. The van der Waals surface area contributed by atoms with Crippen molar-refractivity contribution in [2.75, 3.05) is 11.9 Å². The summed E-state index contributed by atoms with van der Waals surface area (Å²) in [7, 11) is 0. The third-order valence-electron chi connectivity index (χ3n) is 4.36. The SMILES string of the molecule is [2H]OC[C@H]1OC(n2cnc3c(NC(=O)c4ccccc4)ncnc32)[C@H](F)[C@@H]1O. The van der Waals surface area contributed by atoms with Crippen LogP contribution in [0.3, 0.4) is 0 Å². The number of hydrogen-bond donors (Lipinski definition) is 3. The smallest absolute Gasteiger partial charge is 0.256 e.